The number of unbranched alkanes of at least 4 members (excludes halogenated alkanes) is 1. The topological polar surface area (TPSA) is 69.7 Å². The van der Waals surface area contributed by atoms with Crippen LogP contribution >= 0.6 is 0 Å². The first-order valence-corrected chi connectivity index (χ1v) is 6.16. The van der Waals surface area contributed by atoms with E-state index in [0.29, 0.717) is 12.8 Å². The SMILES string of the molecule is C#CCCCC(=O)OC1(CC(=O)OC)C=CC(=O)C=C1. The molecule has 0 N–H and O–H groups in total. The molecule has 5 heteroatoms. The molecule has 0 atom stereocenters. The fraction of sp³-hybridized carbons (Fsp3) is 0.400. The second kappa shape index (κ2) is 7.29. The lowest BCUT2D eigenvalue weighted by Crippen LogP contribution is -2.35. The molecule has 0 saturated carbocycles. The number of esters is 2. The van der Waals surface area contributed by atoms with Gasteiger partial charge in [-0.1, -0.05) is 0 Å². The summed E-state index contributed by atoms with van der Waals surface area (Å²) in [5, 5.41) is 0. The molecule has 1 aliphatic carbocycles. The van der Waals surface area contributed by atoms with E-state index in [1.165, 1.54) is 31.4 Å². The Morgan fingerprint density at radius 2 is 1.95 bits per heavy atom. The van der Waals surface area contributed by atoms with Gasteiger partial charge in [-0.2, -0.15) is 0 Å². The van der Waals surface area contributed by atoms with E-state index in [2.05, 4.69) is 10.7 Å². The number of ether oxygens (including phenoxy) is 2. The van der Waals surface area contributed by atoms with Crippen molar-refractivity contribution in [2.24, 2.45) is 0 Å². The number of hydrogen-bond acceptors (Lipinski definition) is 5. The molecule has 0 radical (unpaired) electrons. The summed E-state index contributed by atoms with van der Waals surface area (Å²) in [6.07, 6.45) is 11.4. The van der Waals surface area contributed by atoms with Crippen molar-refractivity contribution in [3.8, 4) is 12.3 Å². The molecule has 0 bridgehead atoms. The first-order chi connectivity index (χ1) is 9.51. The molecule has 20 heavy (non-hydrogen) atoms. The van der Waals surface area contributed by atoms with E-state index in [0.717, 1.165) is 0 Å². The van der Waals surface area contributed by atoms with Gasteiger partial charge in [-0.15, -0.1) is 12.3 Å². The number of terminal acetylenes is 1. The van der Waals surface area contributed by atoms with E-state index in [4.69, 9.17) is 11.2 Å². The highest BCUT2D eigenvalue weighted by Gasteiger charge is 2.34. The van der Waals surface area contributed by atoms with Gasteiger partial charge in [0.1, 0.15) is 0 Å². The Kier molecular flexibility index (Phi) is 5.73. The number of ketones is 1. The van der Waals surface area contributed by atoms with Gasteiger partial charge in [0.15, 0.2) is 11.4 Å². The normalized spacial score (nSPS) is 15.5. The Labute approximate surface area is 117 Å². The predicted octanol–water partition coefficient (Wildman–Crippen LogP) is 1.33. The van der Waals surface area contributed by atoms with E-state index >= 15 is 0 Å². The third-order valence-corrected chi connectivity index (χ3v) is 2.71. The monoisotopic (exact) mass is 276 g/mol. The summed E-state index contributed by atoms with van der Waals surface area (Å²) >= 11 is 0. The van der Waals surface area contributed by atoms with E-state index in [1.54, 1.807) is 0 Å². The molecule has 0 amide bonds. The largest absolute Gasteiger partial charge is 0.469 e. The average molecular weight is 276 g/mol. The van der Waals surface area contributed by atoms with Gasteiger partial charge in [-0.05, 0) is 30.7 Å². The maximum atomic E-state index is 11.7. The summed E-state index contributed by atoms with van der Waals surface area (Å²) in [7, 11) is 1.24. The Hall–Kier alpha value is -2.35. The summed E-state index contributed by atoms with van der Waals surface area (Å²) in [4.78, 5) is 34.3. The molecule has 0 spiro atoms. The van der Waals surface area contributed by atoms with Gasteiger partial charge < -0.3 is 9.47 Å². The minimum Gasteiger partial charge on any atom is -0.469 e. The predicted molar refractivity (Wildman–Crippen MR) is 71.4 cm³/mol. The number of carbonyl (C=O) groups excluding carboxylic acids is 3. The van der Waals surface area contributed by atoms with Crippen LogP contribution < -0.4 is 0 Å². The number of rotatable bonds is 6. The molecule has 0 heterocycles. The van der Waals surface area contributed by atoms with Gasteiger partial charge in [0.05, 0.1) is 13.5 Å². The van der Waals surface area contributed by atoms with Crippen molar-refractivity contribution in [2.45, 2.75) is 31.3 Å². The van der Waals surface area contributed by atoms with Gasteiger partial charge >= 0.3 is 11.9 Å². The van der Waals surface area contributed by atoms with Gasteiger partial charge in [0.25, 0.3) is 0 Å². The molecule has 1 rings (SSSR count). The zero-order chi connectivity index (χ0) is 15.0. The summed E-state index contributed by atoms with van der Waals surface area (Å²) < 4.78 is 9.89. The van der Waals surface area contributed by atoms with Crippen LogP contribution in [0.2, 0.25) is 0 Å². The van der Waals surface area contributed by atoms with Crippen molar-refractivity contribution in [3.05, 3.63) is 24.3 Å². The summed E-state index contributed by atoms with van der Waals surface area (Å²) in [6, 6.07) is 0. The maximum absolute atomic E-state index is 11.7. The fourth-order valence-corrected chi connectivity index (χ4v) is 1.67. The zero-order valence-electron chi connectivity index (χ0n) is 11.3. The molecular weight excluding hydrogens is 260 g/mol. The summed E-state index contributed by atoms with van der Waals surface area (Å²) in [5.74, 6) is 1.19. The first-order valence-electron chi connectivity index (χ1n) is 6.16. The molecule has 0 fully saturated rings. The molecule has 0 aromatic carbocycles. The Morgan fingerprint density at radius 1 is 1.30 bits per heavy atom. The van der Waals surface area contributed by atoms with Crippen molar-refractivity contribution < 1.29 is 23.9 Å². The van der Waals surface area contributed by atoms with Crippen LogP contribution in [0, 0.1) is 12.3 Å². The van der Waals surface area contributed by atoms with Crippen LogP contribution in [0.15, 0.2) is 24.3 Å². The third kappa shape index (κ3) is 4.73. The van der Waals surface area contributed by atoms with Gasteiger partial charge in [-0.3, -0.25) is 14.4 Å². The van der Waals surface area contributed by atoms with Crippen LogP contribution in [0.3, 0.4) is 0 Å². The van der Waals surface area contributed by atoms with Crippen molar-refractivity contribution in [2.75, 3.05) is 7.11 Å². The van der Waals surface area contributed by atoms with Crippen molar-refractivity contribution in [3.63, 3.8) is 0 Å². The highest BCUT2D eigenvalue weighted by atomic mass is 16.6. The molecule has 1 aliphatic rings. The number of allylic oxidation sites excluding steroid dienone is 2. The molecule has 0 aliphatic heterocycles. The molecule has 0 unspecified atom stereocenters. The average Bonchev–Trinajstić information content (AvgIpc) is 2.42. The Balaban J connectivity index is 2.74. The first kappa shape index (κ1) is 15.7. The summed E-state index contributed by atoms with van der Waals surface area (Å²) in [6.45, 7) is 0. The van der Waals surface area contributed by atoms with E-state index in [-0.39, 0.29) is 18.6 Å². The smallest absolute Gasteiger partial charge is 0.310 e. The molecule has 5 nitrogen and oxygen atoms in total. The standard InChI is InChI=1S/C15H16O5/c1-3-4-5-6-13(17)20-15(11-14(18)19-2)9-7-12(16)8-10-15/h1,7-10H,4-6,11H2,2H3. The molecular formula is C15H16O5. The van der Waals surface area contributed by atoms with Gasteiger partial charge in [-0.25, -0.2) is 0 Å². The minimum absolute atomic E-state index is 0.156. The quantitative estimate of drug-likeness (QED) is 0.416. The molecule has 0 saturated heterocycles. The van der Waals surface area contributed by atoms with Crippen molar-refractivity contribution in [1.82, 2.24) is 0 Å². The Morgan fingerprint density at radius 3 is 2.50 bits per heavy atom. The van der Waals surface area contributed by atoms with Crippen LogP contribution in [0.25, 0.3) is 0 Å². The number of methoxy groups -OCH3 is 1. The van der Waals surface area contributed by atoms with E-state index in [1.807, 2.05) is 0 Å². The van der Waals surface area contributed by atoms with Crippen molar-refractivity contribution >= 4 is 17.7 Å². The van der Waals surface area contributed by atoms with E-state index < -0.39 is 17.5 Å². The van der Waals surface area contributed by atoms with Crippen LogP contribution in [0.4, 0.5) is 0 Å². The van der Waals surface area contributed by atoms with E-state index in [9.17, 15) is 14.4 Å². The van der Waals surface area contributed by atoms with Crippen molar-refractivity contribution in [1.29, 1.82) is 0 Å². The number of hydrogen-bond donors (Lipinski definition) is 0. The van der Waals surface area contributed by atoms with Crippen LogP contribution in [-0.4, -0.2) is 30.4 Å². The highest BCUT2D eigenvalue weighted by molar-refractivity contribution is 6.01. The molecule has 106 valence electrons. The lowest BCUT2D eigenvalue weighted by Gasteiger charge is -2.27. The third-order valence-electron chi connectivity index (χ3n) is 2.71. The summed E-state index contributed by atoms with van der Waals surface area (Å²) in [5.41, 5.74) is -1.26. The number of carbonyl (C=O) groups is 3. The zero-order valence-corrected chi connectivity index (χ0v) is 11.3. The Bertz CT molecular complexity index is 477. The van der Waals surface area contributed by atoms with Gasteiger partial charge in [0.2, 0.25) is 0 Å². The lowest BCUT2D eigenvalue weighted by molar-refractivity contribution is -0.157. The minimum atomic E-state index is -1.26. The van der Waals surface area contributed by atoms with Crippen LogP contribution in [-0.2, 0) is 23.9 Å². The fourth-order valence-electron chi connectivity index (χ4n) is 1.67. The molecule has 0 aromatic heterocycles. The second-order valence-corrected chi connectivity index (χ2v) is 4.31. The van der Waals surface area contributed by atoms with Gasteiger partial charge in [0, 0.05) is 12.8 Å². The second-order valence-electron chi connectivity index (χ2n) is 4.31. The molecule has 0 aromatic rings. The van der Waals surface area contributed by atoms with Crippen LogP contribution in [0.5, 0.6) is 0 Å². The maximum Gasteiger partial charge on any atom is 0.310 e. The van der Waals surface area contributed by atoms with Crippen LogP contribution in [0.1, 0.15) is 25.7 Å². The highest BCUT2D eigenvalue weighted by Crippen LogP contribution is 2.25. The lowest BCUT2D eigenvalue weighted by atomic mass is 9.93.